The lowest BCUT2D eigenvalue weighted by atomic mass is 9.74. The highest BCUT2D eigenvalue weighted by molar-refractivity contribution is 5.39. The van der Waals surface area contributed by atoms with E-state index in [2.05, 4.69) is 41.0 Å². The van der Waals surface area contributed by atoms with Crippen LogP contribution in [0.2, 0.25) is 0 Å². The van der Waals surface area contributed by atoms with Crippen LogP contribution in [0.5, 0.6) is 0 Å². The largest absolute Gasteiger partial charge is 0.395 e. The molecular formula is C25H33F3N2O. The van der Waals surface area contributed by atoms with Crippen LogP contribution in [-0.2, 0) is 0 Å². The fraction of sp³-hybridized carbons (Fsp3) is 0.680. The number of benzene rings is 1. The first-order chi connectivity index (χ1) is 14.9. The first-order valence-electron chi connectivity index (χ1n) is 11.7. The summed E-state index contributed by atoms with van der Waals surface area (Å²) in [5, 5.41) is 10.0. The summed E-state index contributed by atoms with van der Waals surface area (Å²) in [5.41, 5.74) is 2.17. The number of halogens is 3. The van der Waals surface area contributed by atoms with Gasteiger partial charge in [-0.3, -0.25) is 4.90 Å². The summed E-state index contributed by atoms with van der Waals surface area (Å²) in [6.07, 6.45) is 1.94. The van der Waals surface area contributed by atoms with Crippen LogP contribution < -0.4 is 0 Å². The lowest BCUT2D eigenvalue weighted by Crippen LogP contribution is -2.67. The van der Waals surface area contributed by atoms with Crippen molar-refractivity contribution in [3.63, 3.8) is 0 Å². The number of alkyl halides is 3. The Morgan fingerprint density at radius 1 is 1.00 bits per heavy atom. The fourth-order valence-corrected chi connectivity index (χ4v) is 5.54. The molecule has 2 heterocycles. The van der Waals surface area contributed by atoms with E-state index in [0.717, 1.165) is 30.5 Å². The van der Waals surface area contributed by atoms with Crippen LogP contribution in [0.3, 0.4) is 0 Å². The molecular weight excluding hydrogens is 401 g/mol. The number of hydrogen-bond donors (Lipinski definition) is 1. The molecule has 2 saturated heterocycles. The van der Waals surface area contributed by atoms with Gasteiger partial charge >= 0.3 is 6.18 Å². The van der Waals surface area contributed by atoms with E-state index in [1.54, 1.807) is 0 Å². The van der Waals surface area contributed by atoms with E-state index in [1.807, 2.05) is 4.90 Å². The molecule has 1 aromatic carbocycles. The summed E-state index contributed by atoms with van der Waals surface area (Å²) in [7, 11) is 0. The molecule has 0 bridgehead atoms. The Morgan fingerprint density at radius 3 is 2.39 bits per heavy atom. The van der Waals surface area contributed by atoms with Gasteiger partial charge in [-0.25, -0.2) is 0 Å². The normalized spacial score (nSPS) is 28.2. The van der Waals surface area contributed by atoms with Gasteiger partial charge < -0.3 is 10.0 Å². The first-order valence-corrected chi connectivity index (χ1v) is 11.7. The average Bonchev–Trinajstić information content (AvgIpc) is 3.24. The first kappa shape index (κ1) is 22.6. The van der Waals surface area contributed by atoms with Crippen molar-refractivity contribution >= 4 is 0 Å². The van der Waals surface area contributed by atoms with Gasteiger partial charge in [-0.1, -0.05) is 36.8 Å². The predicted octanol–water partition coefficient (Wildman–Crippen LogP) is 4.41. The maximum atomic E-state index is 12.8. The van der Waals surface area contributed by atoms with E-state index in [9.17, 15) is 18.3 Å². The lowest BCUT2D eigenvalue weighted by molar-refractivity contribution is -0.140. The Hall–Kier alpha value is -1.55. The van der Waals surface area contributed by atoms with E-state index >= 15 is 0 Å². The standard InChI is InChI=1S/C25H33F3N2O/c26-25(27,28)13-16-29-14-3-4-15-30-22(17-29)24(23(30)18-31)21-11-9-20(10-12-21)8-7-19-5-1-2-6-19/h9-12,19,22-24,31H,1-6,13-18H2/t22-,23+,24+/m1/s1. The van der Waals surface area contributed by atoms with Gasteiger partial charge in [0, 0.05) is 42.6 Å². The quantitative estimate of drug-likeness (QED) is 0.712. The van der Waals surface area contributed by atoms with Crippen LogP contribution in [0.4, 0.5) is 13.2 Å². The van der Waals surface area contributed by atoms with Gasteiger partial charge in [0.2, 0.25) is 0 Å². The number of nitrogens with zero attached hydrogens (tertiary/aromatic N) is 2. The SMILES string of the molecule is OC[C@H]1[C@@H](c2ccc(C#CC3CCCC3)cc2)[C@H]2CN(CCC(F)(F)F)CCCCN21. The van der Waals surface area contributed by atoms with Crippen LogP contribution in [0.25, 0.3) is 0 Å². The van der Waals surface area contributed by atoms with Crippen molar-refractivity contribution in [3.8, 4) is 11.8 Å². The molecule has 0 unspecified atom stereocenters. The predicted molar refractivity (Wildman–Crippen MR) is 116 cm³/mol. The van der Waals surface area contributed by atoms with Crippen molar-refractivity contribution in [3.05, 3.63) is 35.4 Å². The summed E-state index contributed by atoms with van der Waals surface area (Å²) in [6.45, 7) is 2.38. The van der Waals surface area contributed by atoms with Crippen LogP contribution in [0.15, 0.2) is 24.3 Å². The second kappa shape index (κ2) is 9.94. The number of aliphatic hydroxyl groups is 1. The smallest absolute Gasteiger partial charge is 0.390 e. The topological polar surface area (TPSA) is 26.7 Å². The Labute approximate surface area is 183 Å². The fourth-order valence-electron chi connectivity index (χ4n) is 5.54. The lowest BCUT2D eigenvalue weighted by Gasteiger charge is -2.57. The molecule has 1 aromatic rings. The summed E-state index contributed by atoms with van der Waals surface area (Å²) >= 11 is 0. The van der Waals surface area contributed by atoms with Crippen LogP contribution in [0.1, 0.15) is 62.0 Å². The molecule has 3 nitrogen and oxygen atoms in total. The van der Waals surface area contributed by atoms with Gasteiger partial charge in [0.25, 0.3) is 0 Å². The zero-order valence-electron chi connectivity index (χ0n) is 18.1. The second-order valence-electron chi connectivity index (χ2n) is 9.33. The Bertz CT molecular complexity index is 777. The van der Waals surface area contributed by atoms with E-state index in [0.29, 0.717) is 19.0 Å². The number of hydrogen-bond acceptors (Lipinski definition) is 3. The summed E-state index contributed by atoms with van der Waals surface area (Å²) in [5.74, 6) is 7.36. The third kappa shape index (κ3) is 5.63. The third-order valence-corrected chi connectivity index (χ3v) is 7.24. The van der Waals surface area contributed by atoms with Gasteiger partial charge in [0.15, 0.2) is 0 Å². The van der Waals surface area contributed by atoms with E-state index in [-0.39, 0.29) is 31.2 Å². The molecule has 3 atom stereocenters. The molecule has 3 aliphatic rings. The minimum atomic E-state index is -4.12. The Kier molecular flexibility index (Phi) is 7.26. The summed E-state index contributed by atoms with van der Waals surface area (Å²) in [4.78, 5) is 4.27. The molecule has 6 heteroatoms. The molecule has 3 fully saturated rings. The number of fused-ring (bicyclic) bond motifs is 1. The zero-order valence-corrected chi connectivity index (χ0v) is 18.1. The van der Waals surface area contributed by atoms with Gasteiger partial charge in [0.05, 0.1) is 13.0 Å². The minimum absolute atomic E-state index is 0.0444. The number of rotatable bonds is 4. The number of aliphatic hydroxyl groups excluding tert-OH is 1. The summed E-state index contributed by atoms with van der Waals surface area (Å²) < 4.78 is 38.3. The second-order valence-corrected chi connectivity index (χ2v) is 9.33. The zero-order chi connectivity index (χ0) is 21.8. The molecule has 1 aliphatic carbocycles. The molecule has 4 rings (SSSR count). The monoisotopic (exact) mass is 434 g/mol. The Balaban J connectivity index is 1.45. The highest BCUT2D eigenvalue weighted by atomic mass is 19.4. The molecule has 0 aromatic heterocycles. The average molecular weight is 435 g/mol. The van der Waals surface area contributed by atoms with Gasteiger partial charge in [-0.2, -0.15) is 13.2 Å². The van der Waals surface area contributed by atoms with Gasteiger partial charge in [-0.05, 0) is 56.5 Å². The molecule has 0 radical (unpaired) electrons. The van der Waals surface area contributed by atoms with Crippen molar-refractivity contribution in [1.82, 2.24) is 9.80 Å². The highest BCUT2D eigenvalue weighted by Gasteiger charge is 2.49. The molecule has 170 valence electrons. The molecule has 31 heavy (non-hydrogen) atoms. The maximum absolute atomic E-state index is 12.8. The van der Waals surface area contributed by atoms with E-state index in [1.165, 1.54) is 25.7 Å². The van der Waals surface area contributed by atoms with Crippen LogP contribution in [0, 0.1) is 17.8 Å². The van der Waals surface area contributed by atoms with Crippen molar-refractivity contribution in [2.24, 2.45) is 5.92 Å². The van der Waals surface area contributed by atoms with Crippen molar-refractivity contribution in [2.45, 2.75) is 69.1 Å². The molecule has 1 saturated carbocycles. The van der Waals surface area contributed by atoms with Gasteiger partial charge in [-0.15, -0.1) is 0 Å². The maximum Gasteiger partial charge on any atom is 0.390 e. The van der Waals surface area contributed by atoms with Crippen molar-refractivity contribution in [2.75, 3.05) is 32.8 Å². The Morgan fingerprint density at radius 2 is 1.71 bits per heavy atom. The minimum Gasteiger partial charge on any atom is -0.395 e. The highest BCUT2D eigenvalue weighted by Crippen LogP contribution is 2.42. The molecule has 0 spiro atoms. The third-order valence-electron chi connectivity index (χ3n) is 7.24. The molecule has 1 N–H and O–H groups in total. The van der Waals surface area contributed by atoms with Crippen LogP contribution >= 0.6 is 0 Å². The van der Waals surface area contributed by atoms with Crippen molar-refractivity contribution < 1.29 is 18.3 Å². The van der Waals surface area contributed by atoms with E-state index in [4.69, 9.17) is 0 Å². The molecule has 2 aliphatic heterocycles. The van der Waals surface area contributed by atoms with Crippen molar-refractivity contribution in [1.29, 1.82) is 0 Å². The van der Waals surface area contributed by atoms with E-state index < -0.39 is 12.6 Å². The van der Waals surface area contributed by atoms with Gasteiger partial charge in [0.1, 0.15) is 0 Å². The van der Waals surface area contributed by atoms with Crippen LogP contribution in [-0.4, -0.2) is 66.0 Å². The molecule has 0 amide bonds. The summed E-state index contributed by atoms with van der Waals surface area (Å²) in [6, 6.07) is 8.51.